The Morgan fingerprint density at radius 2 is 2.05 bits per heavy atom. The second-order valence-electron chi connectivity index (χ2n) is 4.32. The first-order valence-corrected chi connectivity index (χ1v) is 7.25. The third kappa shape index (κ3) is 2.78. The van der Waals surface area contributed by atoms with Crippen LogP contribution in [0.5, 0.6) is 11.5 Å². The minimum atomic E-state index is -0.337. The van der Waals surface area contributed by atoms with E-state index in [9.17, 15) is 4.39 Å². The summed E-state index contributed by atoms with van der Waals surface area (Å²) in [4.78, 5) is 0.774. The van der Waals surface area contributed by atoms with Gasteiger partial charge < -0.3 is 15.2 Å². The summed E-state index contributed by atoms with van der Waals surface area (Å²) in [6.45, 7) is 0.187. The van der Waals surface area contributed by atoms with Crippen LogP contribution in [0, 0.1) is 5.82 Å². The molecule has 0 fully saturated rings. The van der Waals surface area contributed by atoms with Crippen LogP contribution in [-0.2, 0) is 5.75 Å². The first-order valence-electron chi connectivity index (χ1n) is 5.89. The molecule has 0 atom stereocenters. The minimum absolute atomic E-state index is 0.187. The molecule has 0 bridgehead atoms. The van der Waals surface area contributed by atoms with E-state index in [0.717, 1.165) is 10.5 Å². The summed E-state index contributed by atoms with van der Waals surface area (Å²) in [6.07, 6.45) is 0. The van der Waals surface area contributed by atoms with Gasteiger partial charge in [-0.3, -0.25) is 0 Å². The summed E-state index contributed by atoms with van der Waals surface area (Å²) in [5.74, 6) is 1.53. The van der Waals surface area contributed by atoms with Crippen molar-refractivity contribution in [3.8, 4) is 11.5 Å². The van der Waals surface area contributed by atoms with E-state index in [2.05, 4.69) is 0 Å². The van der Waals surface area contributed by atoms with Crippen LogP contribution in [0.1, 0.15) is 5.56 Å². The third-order valence-electron chi connectivity index (χ3n) is 2.79. The first-order chi connectivity index (χ1) is 9.61. The number of nitrogen functional groups attached to an aromatic ring is 1. The van der Waals surface area contributed by atoms with Crippen LogP contribution in [0.2, 0.25) is 5.02 Å². The molecule has 2 N–H and O–H groups in total. The van der Waals surface area contributed by atoms with Crippen molar-refractivity contribution in [2.75, 3.05) is 12.5 Å². The molecule has 0 saturated carbocycles. The van der Waals surface area contributed by atoms with E-state index in [1.54, 1.807) is 6.07 Å². The number of ether oxygens (including phenoxy) is 2. The van der Waals surface area contributed by atoms with Gasteiger partial charge in [0.15, 0.2) is 11.5 Å². The number of halogens is 2. The Balaban J connectivity index is 1.77. The van der Waals surface area contributed by atoms with Crippen LogP contribution >= 0.6 is 23.4 Å². The largest absolute Gasteiger partial charge is 0.454 e. The van der Waals surface area contributed by atoms with Gasteiger partial charge in [0.2, 0.25) is 6.79 Å². The fraction of sp³-hybridized carbons (Fsp3) is 0.143. The lowest BCUT2D eigenvalue weighted by Crippen LogP contribution is -1.93. The molecule has 6 heteroatoms. The molecule has 1 heterocycles. The molecular weight excluding hydrogens is 301 g/mol. The predicted octanol–water partition coefficient (Wildman–Crippen LogP) is 4.08. The van der Waals surface area contributed by atoms with Gasteiger partial charge in [0.05, 0.1) is 5.02 Å². The van der Waals surface area contributed by atoms with Gasteiger partial charge in [0.25, 0.3) is 0 Å². The highest BCUT2D eigenvalue weighted by Gasteiger charge is 2.18. The van der Waals surface area contributed by atoms with Gasteiger partial charge in [-0.05, 0) is 35.9 Å². The van der Waals surface area contributed by atoms with Crippen molar-refractivity contribution in [3.05, 3.63) is 46.7 Å². The quantitative estimate of drug-likeness (QED) is 0.685. The molecule has 0 spiro atoms. The van der Waals surface area contributed by atoms with Crippen molar-refractivity contribution < 1.29 is 13.9 Å². The monoisotopic (exact) mass is 311 g/mol. The van der Waals surface area contributed by atoms with Gasteiger partial charge in [0, 0.05) is 16.3 Å². The van der Waals surface area contributed by atoms with Crippen LogP contribution in [0.15, 0.2) is 35.2 Å². The van der Waals surface area contributed by atoms with Crippen LogP contribution < -0.4 is 15.2 Å². The summed E-state index contributed by atoms with van der Waals surface area (Å²) in [5.41, 5.74) is 7.01. The Morgan fingerprint density at radius 1 is 1.20 bits per heavy atom. The van der Waals surface area contributed by atoms with E-state index in [-0.39, 0.29) is 12.6 Å². The maximum Gasteiger partial charge on any atom is 0.231 e. The van der Waals surface area contributed by atoms with Crippen LogP contribution in [0.25, 0.3) is 0 Å². The standard InChI is InChI=1S/C14H11ClFNO2S/c15-12-1-8(2-13-14(12)19-7-18-13)6-20-11-4-9(16)3-10(17)5-11/h1-5H,6-7,17H2. The molecule has 0 aromatic heterocycles. The molecule has 20 heavy (non-hydrogen) atoms. The number of hydrogen-bond acceptors (Lipinski definition) is 4. The number of rotatable bonds is 3. The van der Waals surface area contributed by atoms with Gasteiger partial charge in [-0.1, -0.05) is 11.6 Å². The molecule has 3 rings (SSSR count). The average Bonchev–Trinajstić information content (AvgIpc) is 2.84. The highest BCUT2D eigenvalue weighted by molar-refractivity contribution is 7.98. The van der Waals surface area contributed by atoms with Crippen molar-refractivity contribution in [2.45, 2.75) is 10.6 Å². The number of anilines is 1. The molecule has 1 aliphatic rings. The fourth-order valence-electron chi connectivity index (χ4n) is 1.94. The van der Waals surface area contributed by atoms with Crippen molar-refractivity contribution in [3.63, 3.8) is 0 Å². The molecule has 0 radical (unpaired) electrons. The second-order valence-corrected chi connectivity index (χ2v) is 5.78. The number of benzene rings is 2. The Bertz CT molecular complexity index is 646. The van der Waals surface area contributed by atoms with E-state index in [1.807, 2.05) is 12.1 Å². The zero-order chi connectivity index (χ0) is 14.1. The number of nitrogens with two attached hydrogens (primary N) is 1. The predicted molar refractivity (Wildman–Crippen MR) is 77.9 cm³/mol. The highest BCUT2D eigenvalue weighted by Crippen LogP contribution is 2.41. The zero-order valence-corrected chi connectivity index (χ0v) is 11.9. The average molecular weight is 312 g/mol. The fourth-order valence-corrected chi connectivity index (χ4v) is 3.14. The molecule has 2 aromatic rings. The van der Waals surface area contributed by atoms with Crippen molar-refractivity contribution in [2.24, 2.45) is 0 Å². The third-order valence-corrected chi connectivity index (χ3v) is 4.11. The van der Waals surface area contributed by atoms with E-state index in [4.69, 9.17) is 26.8 Å². The molecule has 1 aliphatic heterocycles. The van der Waals surface area contributed by atoms with Crippen molar-refractivity contribution in [1.29, 1.82) is 0 Å². The molecule has 3 nitrogen and oxygen atoms in total. The van der Waals surface area contributed by atoms with Gasteiger partial charge in [0.1, 0.15) is 5.82 Å². The van der Waals surface area contributed by atoms with Gasteiger partial charge in [-0.15, -0.1) is 11.8 Å². The Kier molecular flexibility index (Phi) is 3.63. The maximum absolute atomic E-state index is 13.2. The van der Waals surface area contributed by atoms with Gasteiger partial charge in [-0.25, -0.2) is 4.39 Å². The molecule has 0 aliphatic carbocycles. The van der Waals surface area contributed by atoms with E-state index >= 15 is 0 Å². The summed E-state index contributed by atoms with van der Waals surface area (Å²) >= 11 is 7.59. The van der Waals surface area contributed by atoms with Crippen molar-refractivity contribution >= 4 is 29.1 Å². The lowest BCUT2D eigenvalue weighted by molar-refractivity contribution is 0.174. The molecule has 104 valence electrons. The molecule has 0 amide bonds. The van der Waals surface area contributed by atoms with Crippen molar-refractivity contribution in [1.82, 2.24) is 0 Å². The molecular formula is C14H11ClFNO2S. The topological polar surface area (TPSA) is 44.5 Å². The van der Waals surface area contributed by atoms with Crippen LogP contribution in [-0.4, -0.2) is 6.79 Å². The summed E-state index contributed by atoms with van der Waals surface area (Å²) in [6, 6.07) is 8.19. The second kappa shape index (κ2) is 5.42. The number of hydrogen-bond donors (Lipinski definition) is 1. The lowest BCUT2D eigenvalue weighted by Gasteiger charge is -2.06. The molecule has 2 aromatic carbocycles. The van der Waals surface area contributed by atoms with E-state index in [0.29, 0.717) is 28.0 Å². The number of thioether (sulfide) groups is 1. The van der Waals surface area contributed by atoms with E-state index in [1.165, 1.54) is 23.9 Å². The van der Waals surface area contributed by atoms with Gasteiger partial charge >= 0.3 is 0 Å². The SMILES string of the molecule is Nc1cc(F)cc(SCc2cc(Cl)c3c(c2)OCO3)c1. The first kappa shape index (κ1) is 13.4. The normalized spacial score (nSPS) is 12.7. The Labute approximate surface area is 124 Å². The van der Waals surface area contributed by atoms with E-state index < -0.39 is 0 Å². The Morgan fingerprint density at radius 3 is 2.85 bits per heavy atom. The van der Waals surface area contributed by atoms with Gasteiger partial charge in [-0.2, -0.15) is 0 Å². The lowest BCUT2D eigenvalue weighted by atomic mass is 10.2. The van der Waals surface area contributed by atoms with Crippen LogP contribution in [0.4, 0.5) is 10.1 Å². The zero-order valence-electron chi connectivity index (χ0n) is 10.4. The smallest absolute Gasteiger partial charge is 0.231 e. The Hall–Kier alpha value is -1.59. The maximum atomic E-state index is 13.2. The summed E-state index contributed by atoms with van der Waals surface area (Å²) in [7, 11) is 0. The minimum Gasteiger partial charge on any atom is -0.454 e. The van der Waals surface area contributed by atoms with Crippen LogP contribution in [0.3, 0.4) is 0 Å². The highest BCUT2D eigenvalue weighted by atomic mass is 35.5. The molecule has 0 saturated heterocycles. The number of fused-ring (bicyclic) bond motifs is 1. The summed E-state index contributed by atoms with van der Waals surface area (Å²) < 4.78 is 23.8. The molecule has 0 unspecified atom stereocenters. The summed E-state index contributed by atoms with van der Waals surface area (Å²) in [5, 5.41) is 0.523.